The lowest BCUT2D eigenvalue weighted by molar-refractivity contribution is 0.0893. The molecule has 0 saturated carbocycles. The van der Waals surface area contributed by atoms with Crippen molar-refractivity contribution < 1.29 is 4.79 Å². The van der Waals surface area contributed by atoms with Gasteiger partial charge in [0.25, 0.3) is 5.56 Å². The first-order valence-corrected chi connectivity index (χ1v) is 10.3. The molecule has 0 amide bonds. The van der Waals surface area contributed by atoms with Crippen LogP contribution >= 0.6 is 0 Å². The van der Waals surface area contributed by atoms with Gasteiger partial charge in [-0.1, -0.05) is 30.3 Å². The fourth-order valence-electron chi connectivity index (χ4n) is 3.44. The van der Waals surface area contributed by atoms with E-state index in [1.165, 1.54) is 4.57 Å². The van der Waals surface area contributed by atoms with Gasteiger partial charge in [-0.15, -0.1) is 0 Å². The number of ketones is 1. The average Bonchev–Trinajstić information content (AvgIpc) is 3.25. The van der Waals surface area contributed by atoms with Crippen LogP contribution in [0.5, 0.6) is 0 Å². The SMILES string of the molecule is CCn1c(=O)c(C(=O)CN(Cc2ncc[nH]2)C(C)C)c(N)n(Cc2ccccc2)c1=O. The second-order valence-corrected chi connectivity index (χ2v) is 7.62. The van der Waals surface area contributed by atoms with Gasteiger partial charge in [0, 0.05) is 25.0 Å². The summed E-state index contributed by atoms with van der Waals surface area (Å²) in [4.78, 5) is 48.2. The van der Waals surface area contributed by atoms with E-state index < -0.39 is 17.0 Å². The van der Waals surface area contributed by atoms with Gasteiger partial charge in [0.2, 0.25) is 0 Å². The minimum atomic E-state index is -0.652. The Bertz CT molecular complexity index is 1150. The highest BCUT2D eigenvalue weighted by molar-refractivity contribution is 6.01. The minimum absolute atomic E-state index is 0.0228. The standard InChI is InChI=1S/C22H28N6O3/c1-4-27-21(30)19(17(29)13-26(15(2)3)14-18-24-10-11-25-18)20(23)28(22(27)31)12-16-8-6-5-7-9-16/h5-11,15H,4,12-14,23H2,1-3H3,(H,24,25). The van der Waals surface area contributed by atoms with Crippen LogP contribution in [0.1, 0.15) is 42.5 Å². The predicted molar refractivity (Wildman–Crippen MR) is 119 cm³/mol. The zero-order valence-electron chi connectivity index (χ0n) is 18.0. The number of nitrogens with zero attached hydrogens (tertiary/aromatic N) is 4. The summed E-state index contributed by atoms with van der Waals surface area (Å²) in [6, 6.07) is 9.33. The van der Waals surface area contributed by atoms with E-state index in [4.69, 9.17) is 5.73 Å². The van der Waals surface area contributed by atoms with Crippen LogP contribution in [-0.4, -0.2) is 42.4 Å². The first-order chi connectivity index (χ1) is 14.8. The number of benzene rings is 1. The van der Waals surface area contributed by atoms with Crippen molar-refractivity contribution in [2.24, 2.45) is 0 Å². The Morgan fingerprint density at radius 2 is 1.90 bits per heavy atom. The Morgan fingerprint density at radius 1 is 1.19 bits per heavy atom. The third-order valence-corrected chi connectivity index (χ3v) is 5.23. The maximum absolute atomic E-state index is 13.2. The molecule has 0 radical (unpaired) electrons. The Kier molecular flexibility index (Phi) is 6.86. The molecule has 3 N–H and O–H groups in total. The molecular weight excluding hydrogens is 396 g/mol. The molecule has 3 rings (SSSR count). The summed E-state index contributed by atoms with van der Waals surface area (Å²) >= 11 is 0. The zero-order valence-corrected chi connectivity index (χ0v) is 18.0. The molecule has 0 unspecified atom stereocenters. The van der Waals surface area contributed by atoms with Crippen LogP contribution in [0, 0.1) is 0 Å². The number of imidazole rings is 1. The van der Waals surface area contributed by atoms with E-state index in [0.29, 0.717) is 6.54 Å². The average molecular weight is 425 g/mol. The van der Waals surface area contributed by atoms with Gasteiger partial charge >= 0.3 is 5.69 Å². The highest BCUT2D eigenvalue weighted by Crippen LogP contribution is 2.12. The van der Waals surface area contributed by atoms with E-state index in [1.54, 1.807) is 19.3 Å². The predicted octanol–water partition coefficient (Wildman–Crippen LogP) is 1.48. The van der Waals surface area contributed by atoms with Gasteiger partial charge in [-0.25, -0.2) is 9.78 Å². The summed E-state index contributed by atoms with van der Waals surface area (Å²) in [5, 5.41) is 0. The Morgan fingerprint density at radius 3 is 2.48 bits per heavy atom. The second kappa shape index (κ2) is 9.57. The van der Waals surface area contributed by atoms with Crippen molar-refractivity contribution in [3.8, 4) is 0 Å². The Labute approximate surface area is 180 Å². The lowest BCUT2D eigenvalue weighted by Crippen LogP contribution is -2.45. The molecular formula is C22H28N6O3. The number of rotatable bonds is 9. The molecule has 9 nitrogen and oxygen atoms in total. The lowest BCUT2D eigenvalue weighted by Gasteiger charge is -2.25. The van der Waals surface area contributed by atoms with Crippen molar-refractivity contribution in [1.29, 1.82) is 0 Å². The number of nitrogens with two attached hydrogens (primary N) is 1. The van der Waals surface area contributed by atoms with Crippen LogP contribution in [0.15, 0.2) is 52.3 Å². The summed E-state index contributed by atoms with van der Waals surface area (Å²) in [6.45, 7) is 6.32. The quantitative estimate of drug-likeness (QED) is 0.502. The maximum Gasteiger partial charge on any atom is 0.332 e. The van der Waals surface area contributed by atoms with Crippen molar-refractivity contribution in [3.63, 3.8) is 0 Å². The fourth-order valence-corrected chi connectivity index (χ4v) is 3.44. The number of hydrogen-bond donors (Lipinski definition) is 2. The molecule has 31 heavy (non-hydrogen) atoms. The number of carbonyl (C=O) groups excluding carboxylic acids is 1. The number of H-pyrrole nitrogens is 1. The van der Waals surface area contributed by atoms with Crippen molar-refractivity contribution in [2.45, 2.75) is 46.4 Å². The summed E-state index contributed by atoms with van der Waals surface area (Å²) in [5.74, 6) is 0.191. The summed E-state index contributed by atoms with van der Waals surface area (Å²) in [7, 11) is 0. The lowest BCUT2D eigenvalue weighted by atomic mass is 10.1. The second-order valence-electron chi connectivity index (χ2n) is 7.62. The van der Waals surface area contributed by atoms with Gasteiger partial charge in [0.15, 0.2) is 5.78 Å². The number of Topliss-reactive ketones (excluding diaryl/α,β-unsaturated/α-hetero) is 1. The van der Waals surface area contributed by atoms with E-state index >= 15 is 0 Å². The number of aromatic amines is 1. The van der Waals surface area contributed by atoms with Gasteiger partial charge in [-0.05, 0) is 26.3 Å². The summed E-state index contributed by atoms with van der Waals surface area (Å²) < 4.78 is 2.35. The molecule has 2 aromatic heterocycles. The van der Waals surface area contributed by atoms with Crippen molar-refractivity contribution in [1.82, 2.24) is 24.0 Å². The largest absolute Gasteiger partial charge is 0.384 e. The third-order valence-electron chi connectivity index (χ3n) is 5.23. The number of hydrogen-bond acceptors (Lipinski definition) is 6. The van der Waals surface area contributed by atoms with Crippen molar-refractivity contribution >= 4 is 11.6 Å². The van der Waals surface area contributed by atoms with E-state index in [9.17, 15) is 14.4 Å². The molecule has 0 atom stereocenters. The number of carbonyl (C=O) groups is 1. The maximum atomic E-state index is 13.2. The van der Waals surface area contributed by atoms with Crippen LogP contribution in [0.3, 0.4) is 0 Å². The van der Waals surface area contributed by atoms with Crippen LogP contribution in [0.4, 0.5) is 5.82 Å². The number of nitrogen functional groups attached to an aromatic ring is 1. The van der Waals surface area contributed by atoms with Crippen LogP contribution in [0.2, 0.25) is 0 Å². The van der Waals surface area contributed by atoms with Crippen molar-refractivity contribution in [3.05, 3.63) is 80.5 Å². The monoisotopic (exact) mass is 424 g/mol. The molecule has 0 aliphatic carbocycles. The van der Waals surface area contributed by atoms with E-state index in [2.05, 4.69) is 9.97 Å². The topological polar surface area (TPSA) is 119 Å². The molecule has 9 heteroatoms. The fraction of sp³-hybridized carbons (Fsp3) is 0.364. The molecule has 0 spiro atoms. The molecule has 1 aromatic carbocycles. The van der Waals surface area contributed by atoms with Crippen LogP contribution < -0.4 is 17.0 Å². The third kappa shape index (κ3) is 4.83. The van der Waals surface area contributed by atoms with Crippen LogP contribution in [0.25, 0.3) is 0 Å². The Hall–Kier alpha value is -3.46. The highest BCUT2D eigenvalue weighted by Gasteiger charge is 2.25. The van der Waals surface area contributed by atoms with Crippen molar-refractivity contribution in [2.75, 3.05) is 12.3 Å². The Balaban J connectivity index is 2.00. The molecule has 0 bridgehead atoms. The van der Waals surface area contributed by atoms with Gasteiger partial charge in [0.1, 0.15) is 17.2 Å². The molecule has 2 heterocycles. The van der Waals surface area contributed by atoms with E-state index in [-0.39, 0.29) is 37.1 Å². The first kappa shape index (κ1) is 22.2. The van der Waals surface area contributed by atoms with Gasteiger partial charge < -0.3 is 10.7 Å². The molecule has 0 aliphatic rings. The van der Waals surface area contributed by atoms with Gasteiger partial charge in [-0.3, -0.25) is 23.6 Å². The van der Waals surface area contributed by atoms with Crippen LogP contribution in [-0.2, 0) is 19.6 Å². The molecule has 0 fully saturated rings. The summed E-state index contributed by atoms with van der Waals surface area (Å²) in [6.07, 6.45) is 3.36. The smallest absolute Gasteiger partial charge is 0.332 e. The van der Waals surface area contributed by atoms with E-state index in [0.717, 1.165) is 16.0 Å². The highest BCUT2D eigenvalue weighted by atomic mass is 16.2. The first-order valence-electron chi connectivity index (χ1n) is 10.3. The normalized spacial score (nSPS) is 11.4. The molecule has 0 aliphatic heterocycles. The zero-order chi connectivity index (χ0) is 22.5. The minimum Gasteiger partial charge on any atom is -0.384 e. The number of aromatic nitrogens is 4. The van der Waals surface area contributed by atoms with Gasteiger partial charge in [0.05, 0.1) is 19.6 Å². The van der Waals surface area contributed by atoms with E-state index in [1.807, 2.05) is 49.1 Å². The molecule has 0 saturated heterocycles. The number of anilines is 1. The summed E-state index contributed by atoms with van der Waals surface area (Å²) in [5.41, 5.74) is 5.75. The molecule has 3 aromatic rings. The molecule has 164 valence electrons. The number of nitrogens with one attached hydrogen (secondary N) is 1. The van der Waals surface area contributed by atoms with Gasteiger partial charge in [-0.2, -0.15) is 0 Å².